The first-order valence-electron chi connectivity index (χ1n) is 8.08. The number of piperidine rings is 1. The molecule has 3 heterocycles. The molecule has 8 heteroatoms. The number of carbonyl (C=O) groups excluding carboxylic acids is 1. The van der Waals surface area contributed by atoms with Gasteiger partial charge < -0.3 is 10.0 Å². The molecule has 1 amide bonds. The lowest BCUT2D eigenvalue weighted by Crippen LogP contribution is -2.43. The number of carboxylic acid groups (broad SMARTS) is 1. The van der Waals surface area contributed by atoms with E-state index in [1.54, 1.807) is 29.3 Å². The summed E-state index contributed by atoms with van der Waals surface area (Å²) >= 11 is 0. The van der Waals surface area contributed by atoms with Crippen LogP contribution in [0.15, 0.2) is 29.2 Å². The SMILES string of the molecule is O=C(O)CC[C@@H]1CCCN(C(=O)Cn2nc3ccccn3c2=O)C1. The Labute approximate surface area is 138 Å². The maximum atomic E-state index is 12.5. The van der Waals surface area contributed by atoms with Crippen LogP contribution in [-0.4, -0.2) is 49.2 Å². The van der Waals surface area contributed by atoms with Gasteiger partial charge in [0.15, 0.2) is 5.65 Å². The van der Waals surface area contributed by atoms with E-state index in [2.05, 4.69) is 5.10 Å². The maximum Gasteiger partial charge on any atom is 0.350 e. The zero-order valence-corrected chi connectivity index (χ0v) is 13.3. The van der Waals surface area contributed by atoms with E-state index in [1.165, 1.54) is 9.08 Å². The summed E-state index contributed by atoms with van der Waals surface area (Å²) in [6, 6.07) is 5.23. The molecule has 2 aromatic heterocycles. The van der Waals surface area contributed by atoms with Crippen LogP contribution in [0.4, 0.5) is 0 Å². The van der Waals surface area contributed by atoms with E-state index in [1.807, 2.05) is 0 Å². The van der Waals surface area contributed by atoms with E-state index < -0.39 is 5.97 Å². The molecule has 0 aliphatic carbocycles. The molecule has 0 spiro atoms. The van der Waals surface area contributed by atoms with Gasteiger partial charge in [0.05, 0.1) is 0 Å². The van der Waals surface area contributed by atoms with Crippen LogP contribution < -0.4 is 5.69 Å². The maximum absolute atomic E-state index is 12.5. The van der Waals surface area contributed by atoms with Gasteiger partial charge in [-0.05, 0) is 37.3 Å². The molecule has 1 N–H and O–H groups in total. The number of aliphatic carboxylic acids is 1. The third kappa shape index (κ3) is 3.47. The first-order chi connectivity index (χ1) is 11.5. The molecule has 1 atom stereocenters. The largest absolute Gasteiger partial charge is 0.481 e. The van der Waals surface area contributed by atoms with Gasteiger partial charge in [0.2, 0.25) is 5.91 Å². The van der Waals surface area contributed by atoms with Crippen LogP contribution in [0.2, 0.25) is 0 Å². The average Bonchev–Trinajstić information content (AvgIpc) is 2.89. The van der Waals surface area contributed by atoms with Crippen LogP contribution in [-0.2, 0) is 16.1 Å². The Balaban J connectivity index is 1.66. The number of rotatable bonds is 5. The molecule has 8 nitrogen and oxygen atoms in total. The summed E-state index contributed by atoms with van der Waals surface area (Å²) in [5.74, 6) is -0.758. The molecular formula is C16H20N4O4. The van der Waals surface area contributed by atoms with E-state index in [9.17, 15) is 14.4 Å². The van der Waals surface area contributed by atoms with Crippen LogP contribution in [0.3, 0.4) is 0 Å². The normalized spacial score (nSPS) is 18.0. The van der Waals surface area contributed by atoms with E-state index >= 15 is 0 Å². The molecule has 0 saturated carbocycles. The van der Waals surface area contributed by atoms with Crippen molar-refractivity contribution < 1.29 is 14.7 Å². The Morgan fingerprint density at radius 2 is 2.17 bits per heavy atom. The van der Waals surface area contributed by atoms with Crippen LogP contribution in [0.1, 0.15) is 25.7 Å². The predicted octanol–water partition coefficient (Wildman–Crippen LogP) is 0.599. The zero-order chi connectivity index (χ0) is 17.1. The first kappa shape index (κ1) is 16.2. The lowest BCUT2D eigenvalue weighted by atomic mass is 9.93. The minimum atomic E-state index is -0.810. The number of fused-ring (bicyclic) bond motifs is 1. The van der Waals surface area contributed by atoms with Crippen molar-refractivity contribution in [2.45, 2.75) is 32.2 Å². The summed E-state index contributed by atoms with van der Waals surface area (Å²) in [7, 11) is 0. The molecule has 0 unspecified atom stereocenters. The van der Waals surface area contributed by atoms with Gasteiger partial charge in [0.1, 0.15) is 6.54 Å². The fraction of sp³-hybridized carbons (Fsp3) is 0.500. The molecule has 3 rings (SSSR count). The van der Waals surface area contributed by atoms with Crippen molar-refractivity contribution in [3.8, 4) is 0 Å². The van der Waals surface area contributed by atoms with Crippen molar-refractivity contribution in [3.63, 3.8) is 0 Å². The van der Waals surface area contributed by atoms with Gasteiger partial charge in [-0.3, -0.25) is 14.0 Å². The second kappa shape index (κ2) is 6.86. The topological polar surface area (TPSA) is 96.9 Å². The van der Waals surface area contributed by atoms with Crippen molar-refractivity contribution >= 4 is 17.5 Å². The Morgan fingerprint density at radius 3 is 2.92 bits per heavy atom. The molecule has 1 aliphatic rings. The fourth-order valence-corrected chi connectivity index (χ4v) is 3.15. The van der Waals surface area contributed by atoms with Crippen LogP contribution in [0.25, 0.3) is 5.65 Å². The third-order valence-electron chi connectivity index (χ3n) is 4.41. The Hall–Kier alpha value is -2.64. The Morgan fingerprint density at radius 1 is 1.33 bits per heavy atom. The Bertz CT molecular complexity index is 810. The van der Waals surface area contributed by atoms with Gasteiger partial charge in [-0.15, -0.1) is 5.10 Å². The van der Waals surface area contributed by atoms with Crippen molar-refractivity contribution in [2.75, 3.05) is 13.1 Å². The lowest BCUT2D eigenvalue weighted by Gasteiger charge is -2.32. The number of hydrogen-bond acceptors (Lipinski definition) is 4. The minimum Gasteiger partial charge on any atom is -0.481 e. The number of aromatic nitrogens is 3. The summed E-state index contributed by atoms with van der Waals surface area (Å²) in [5.41, 5.74) is 0.173. The van der Waals surface area contributed by atoms with Crippen LogP contribution in [0.5, 0.6) is 0 Å². The second-order valence-electron chi connectivity index (χ2n) is 6.15. The highest BCUT2D eigenvalue weighted by Crippen LogP contribution is 2.21. The molecule has 0 aromatic carbocycles. The fourth-order valence-electron chi connectivity index (χ4n) is 3.15. The molecule has 2 aromatic rings. The smallest absolute Gasteiger partial charge is 0.350 e. The van der Waals surface area contributed by atoms with Crippen molar-refractivity contribution in [3.05, 3.63) is 34.9 Å². The lowest BCUT2D eigenvalue weighted by molar-refractivity contribution is -0.137. The highest BCUT2D eigenvalue weighted by Gasteiger charge is 2.25. The molecule has 0 radical (unpaired) electrons. The number of hydrogen-bond donors (Lipinski definition) is 1. The van der Waals surface area contributed by atoms with Crippen LogP contribution in [0, 0.1) is 5.92 Å². The van der Waals surface area contributed by atoms with Gasteiger partial charge >= 0.3 is 11.7 Å². The number of nitrogens with zero attached hydrogens (tertiary/aromatic N) is 4. The molecule has 1 aliphatic heterocycles. The summed E-state index contributed by atoms with van der Waals surface area (Å²) in [6.45, 7) is 1.10. The van der Waals surface area contributed by atoms with E-state index in [0.717, 1.165) is 12.8 Å². The second-order valence-corrected chi connectivity index (χ2v) is 6.15. The number of carboxylic acids is 1. The van der Waals surface area contributed by atoms with Gasteiger partial charge in [-0.2, -0.15) is 0 Å². The van der Waals surface area contributed by atoms with E-state index in [-0.39, 0.29) is 30.5 Å². The summed E-state index contributed by atoms with van der Waals surface area (Å²) < 4.78 is 2.58. The minimum absolute atomic E-state index is 0.0911. The van der Waals surface area contributed by atoms with Crippen LogP contribution >= 0.6 is 0 Å². The summed E-state index contributed by atoms with van der Waals surface area (Å²) in [6.07, 6.45) is 4.11. The van der Waals surface area contributed by atoms with E-state index in [4.69, 9.17) is 5.11 Å². The molecule has 1 fully saturated rings. The van der Waals surface area contributed by atoms with Gasteiger partial charge in [0.25, 0.3) is 0 Å². The van der Waals surface area contributed by atoms with Crippen molar-refractivity contribution in [2.24, 2.45) is 5.92 Å². The quantitative estimate of drug-likeness (QED) is 0.865. The van der Waals surface area contributed by atoms with Gasteiger partial charge in [-0.1, -0.05) is 6.07 Å². The number of amides is 1. The zero-order valence-electron chi connectivity index (χ0n) is 13.3. The molecule has 128 valence electrons. The predicted molar refractivity (Wildman–Crippen MR) is 85.6 cm³/mol. The molecule has 24 heavy (non-hydrogen) atoms. The number of likely N-dealkylation sites (tertiary alicyclic amines) is 1. The monoisotopic (exact) mass is 332 g/mol. The summed E-state index contributed by atoms with van der Waals surface area (Å²) in [5, 5.41) is 13.0. The van der Waals surface area contributed by atoms with Gasteiger partial charge in [0, 0.05) is 25.7 Å². The van der Waals surface area contributed by atoms with Crippen molar-refractivity contribution in [1.29, 1.82) is 0 Å². The van der Waals surface area contributed by atoms with Gasteiger partial charge in [-0.25, -0.2) is 9.48 Å². The number of pyridine rings is 1. The molecule has 1 saturated heterocycles. The molecule has 0 bridgehead atoms. The molecular weight excluding hydrogens is 312 g/mol. The number of carbonyl (C=O) groups is 2. The Kier molecular flexibility index (Phi) is 4.64. The first-order valence-corrected chi connectivity index (χ1v) is 8.08. The van der Waals surface area contributed by atoms with E-state index in [0.29, 0.717) is 25.2 Å². The highest BCUT2D eigenvalue weighted by atomic mass is 16.4. The average molecular weight is 332 g/mol. The summed E-state index contributed by atoms with van der Waals surface area (Å²) in [4.78, 5) is 37.1. The van der Waals surface area contributed by atoms with Crippen molar-refractivity contribution in [1.82, 2.24) is 19.1 Å². The highest BCUT2D eigenvalue weighted by molar-refractivity contribution is 5.76. The third-order valence-corrected chi connectivity index (χ3v) is 4.41. The standard InChI is InChI=1S/C16H20N4O4/c21-14(18-8-3-4-12(10-18)6-7-15(22)23)11-20-16(24)19-9-2-1-5-13(19)17-20/h1-2,5,9,12H,3-4,6-8,10-11H2,(H,22,23)/t12-/m0/s1.